The van der Waals surface area contributed by atoms with E-state index in [-0.39, 0.29) is 24.1 Å². The summed E-state index contributed by atoms with van der Waals surface area (Å²) in [5.41, 5.74) is 7.26. The number of Topliss-reactive ketones (excluding diaryl/α,β-unsaturated/α-hetero) is 2. The summed E-state index contributed by atoms with van der Waals surface area (Å²) in [5, 5.41) is 2.93. The Kier molecular flexibility index (Phi) is 8.35. The molecule has 0 aromatic heterocycles. The van der Waals surface area contributed by atoms with Crippen molar-refractivity contribution in [2.75, 3.05) is 25.6 Å². The third kappa shape index (κ3) is 5.30. The Labute approximate surface area is 249 Å². The largest absolute Gasteiger partial charge is 0.490 e. The number of allylic oxidation sites excluding steroid dienone is 4. The van der Waals surface area contributed by atoms with Crippen LogP contribution in [0.4, 0.5) is 5.69 Å². The van der Waals surface area contributed by atoms with Crippen molar-refractivity contribution in [3.05, 3.63) is 73.1 Å². The lowest BCUT2D eigenvalue weighted by molar-refractivity contribution is -0.118. The molecule has 210 valence electrons. The van der Waals surface area contributed by atoms with Crippen LogP contribution in [0.1, 0.15) is 68.1 Å². The minimum atomic E-state index is -0.420. The molecule has 40 heavy (non-hydrogen) atoms. The minimum Gasteiger partial charge on any atom is -0.490 e. The predicted molar refractivity (Wildman–Crippen MR) is 163 cm³/mol. The molecule has 3 aliphatic rings. The molecule has 5 rings (SSSR count). The predicted octanol–water partition coefficient (Wildman–Crippen LogP) is 6.37. The Morgan fingerprint density at radius 3 is 2.27 bits per heavy atom. The number of carbonyl (C=O) groups excluding carboxylic acids is 3. The van der Waals surface area contributed by atoms with Gasteiger partial charge in [-0.15, -0.1) is 0 Å². The molecule has 2 aliphatic carbocycles. The third-order valence-electron chi connectivity index (χ3n) is 8.14. The highest BCUT2D eigenvalue weighted by Crippen LogP contribution is 2.50. The number of carbonyl (C=O) groups is 3. The van der Waals surface area contributed by atoms with Crippen molar-refractivity contribution in [3.63, 3.8) is 0 Å². The number of nitrogens with zero attached hydrogens (tertiary/aromatic N) is 1. The van der Waals surface area contributed by atoms with Gasteiger partial charge in [0, 0.05) is 54.0 Å². The van der Waals surface area contributed by atoms with Gasteiger partial charge in [0.15, 0.2) is 29.7 Å². The van der Waals surface area contributed by atoms with Crippen molar-refractivity contribution < 1.29 is 23.9 Å². The van der Waals surface area contributed by atoms with Crippen LogP contribution in [0.3, 0.4) is 0 Å². The van der Waals surface area contributed by atoms with Gasteiger partial charge in [-0.1, -0.05) is 12.1 Å². The second-order valence-electron chi connectivity index (χ2n) is 10.6. The molecule has 7 nitrogen and oxygen atoms in total. The van der Waals surface area contributed by atoms with Crippen LogP contribution in [0, 0.1) is 17.4 Å². The standard InChI is InChI=1S/C32H35IN2O5/c1-5-39-27-16-20(15-21(33)32(27)40-17-28(38)34-22-10-6-9-18(2)19(22)3)29-30-23(11-7-13-25(30)36)35(4)24-12-8-14-26(37)31(24)29/h6,9-10,15-16,29H,5,7-8,11-14,17H2,1-4H3,(H,34,38). The Balaban J connectivity index is 1.49. The first-order chi connectivity index (χ1) is 19.2. The van der Waals surface area contributed by atoms with E-state index < -0.39 is 5.92 Å². The van der Waals surface area contributed by atoms with Gasteiger partial charge in [0.2, 0.25) is 0 Å². The molecule has 0 atom stereocenters. The van der Waals surface area contributed by atoms with Gasteiger partial charge < -0.3 is 19.7 Å². The highest BCUT2D eigenvalue weighted by Gasteiger charge is 2.42. The molecule has 2 aromatic carbocycles. The maximum Gasteiger partial charge on any atom is 0.262 e. The highest BCUT2D eigenvalue weighted by atomic mass is 127. The van der Waals surface area contributed by atoms with Crippen LogP contribution in [0.25, 0.3) is 0 Å². The fourth-order valence-corrected chi connectivity index (χ4v) is 6.84. The maximum absolute atomic E-state index is 13.4. The molecular formula is C32H35IN2O5. The van der Waals surface area contributed by atoms with Gasteiger partial charge >= 0.3 is 0 Å². The summed E-state index contributed by atoms with van der Waals surface area (Å²) in [6.45, 7) is 6.09. The molecule has 1 aliphatic heterocycles. The summed E-state index contributed by atoms with van der Waals surface area (Å²) in [5.74, 6) is 0.508. The van der Waals surface area contributed by atoms with Crippen LogP contribution in [0.2, 0.25) is 0 Å². The SMILES string of the molecule is CCOc1cc(C2C3=C(CCCC3=O)N(C)C3=C2C(=O)CCC3)cc(I)c1OCC(=O)Nc1cccc(C)c1C. The third-order valence-corrected chi connectivity index (χ3v) is 8.94. The number of rotatable bonds is 7. The van der Waals surface area contributed by atoms with Crippen LogP contribution in [-0.4, -0.2) is 42.6 Å². The molecule has 0 unspecified atom stereocenters. The van der Waals surface area contributed by atoms with Crippen molar-refractivity contribution in [2.45, 2.75) is 65.2 Å². The number of aryl methyl sites for hydroxylation is 1. The van der Waals surface area contributed by atoms with E-state index in [1.54, 1.807) is 0 Å². The fourth-order valence-electron chi connectivity index (χ4n) is 6.05. The zero-order valence-corrected chi connectivity index (χ0v) is 25.6. The van der Waals surface area contributed by atoms with Crippen molar-refractivity contribution >= 4 is 45.8 Å². The van der Waals surface area contributed by atoms with E-state index in [1.807, 2.05) is 58.2 Å². The Hall–Kier alpha value is -3.14. The topological polar surface area (TPSA) is 84.9 Å². The fraction of sp³-hybridized carbons (Fsp3) is 0.406. The Bertz CT molecular complexity index is 1410. The van der Waals surface area contributed by atoms with Gasteiger partial charge in [-0.05, 0) is 104 Å². The van der Waals surface area contributed by atoms with Crippen molar-refractivity contribution in [2.24, 2.45) is 0 Å². The average Bonchev–Trinajstić information content (AvgIpc) is 2.92. The van der Waals surface area contributed by atoms with Gasteiger partial charge in [0.1, 0.15) is 0 Å². The number of ketones is 2. The molecule has 0 bridgehead atoms. The minimum absolute atomic E-state index is 0.111. The lowest BCUT2D eigenvalue weighted by Crippen LogP contribution is -2.37. The van der Waals surface area contributed by atoms with Crippen LogP contribution >= 0.6 is 22.6 Å². The summed E-state index contributed by atoms with van der Waals surface area (Å²) < 4.78 is 12.8. The molecule has 0 radical (unpaired) electrons. The lowest BCUT2D eigenvalue weighted by Gasteiger charge is -2.42. The number of hydrogen-bond donors (Lipinski definition) is 1. The number of amides is 1. The first kappa shape index (κ1) is 28.4. The molecule has 0 spiro atoms. The average molecular weight is 655 g/mol. The zero-order chi connectivity index (χ0) is 28.6. The van der Waals surface area contributed by atoms with E-state index in [9.17, 15) is 14.4 Å². The zero-order valence-electron chi connectivity index (χ0n) is 23.5. The van der Waals surface area contributed by atoms with E-state index in [0.717, 1.165) is 74.2 Å². The van der Waals surface area contributed by atoms with E-state index in [2.05, 4.69) is 32.8 Å². The summed E-state index contributed by atoms with van der Waals surface area (Å²) in [6, 6.07) is 9.64. The van der Waals surface area contributed by atoms with Crippen molar-refractivity contribution in [3.8, 4) is 11.5 Å². The van der Waals surface area contributed by atoms with Crippen LogP contribution in [0.5, 0.6) is 11.5 Å². The van der Waals surface area contributed by atoms with E-state index in [4.69, 9.17) is 9.47 Å². The summed E-state index contributed by atoms with van der Waals surface area (Å²) in [6.07, 6.45) is 4.28. The second-order valence-corrected chi connectivity index (χ2v) is 11.8. The number of ether oxygens (including phenoxy) is 2. The maximum atomic E-state index is 13.4. The van der Waals surface area contributed by atoms with Crippen molar-refractivity contribution in [1.82, 2.24) is 4.90 Å². The molecule has 2 aromatic rings. The van der Waals surface area contributed by atoms with Crippen LogP contribution < -0.4 is 14.8 Å². The highest BCUT2D eigenvalue weighted by molar-refractivity contribution is 14.1. The van der Waals surface area contributed by atoms with Crippen LogP contribution in [-0.2, 0) is 14.4 Å². The first-order valence-electron chi connectivity index (χ1n) is 13.9. The number of hydrogen-bond acceptors (Lipinski definition) is 6. The van der Waals surface area contributed by atoms with Gasteiger partial charge in [0.25, 0.3) is 5.91 Å². The number of benzene rings is 2. The quantitative estimate of drug-likeness (QED) is 0.350. The number of halogens is 1. The molecule has 1 heterocycles. The van der Waals surface area contributed by atoms with Crippen LogP contribution in [0.15, 0.2) is 52.9 Å². The van der Waals surface area contributed by atoms with Gasteiger partial charge in [-0.2, -0.15) is 0 Å². The Morgan fingerprint density at radius 1 is 1.00 bits per heavy atom. The monoisotopic (exact) mass is 654 g/mol. The van der Waals surface area contributed by atoms with E-state index >= 15 is 0 Å². The summed E-state index contributed by atoms with van der Waals surface area (Å²) >= 11 is 2.19. The normalized spacial score (nSPS) is 17.6. The van der Waals surface area contributed by atoms with Gasteiger partial charge in [-0.25, -0.2) is 0 Å². The summed E-state index contributed by atoms with van der Waals surface area (Å²) in [7, 11) is 1.99. The molecule has 0 saturated carbocycles. The first-order valence-corrected chi connectivity index (χ1v) is 15.0. The van der Waals surface area contributed by atoms with Gasteiger partial charge in [0.05, 0.1) is 10.2 Å². The van der Waals surface area contributed by atoms with Gasteiger partial charge in [-0.3, -0.25) is 14.4 Å². The molecule has 8 heteroatoms. The molecular weight excluding hydrogens is 619 g/mol. The van der Waals surface area contributed by atoms with E-state index in [0.29, 0.717) is 30.9 Å². The number of anilines is 1. The van der Waals surface area contributed by atoms with E-state index in [1.165, 1.54) is 0 Å². The second kappa shape index (κ2) is 11.8. The molecule has 0 saturated heterocycles. The number of nitrogens with one attached hydrogen (secondary N) is 1. The molecule has 1 amide bonds. The summed E-state index contributed by atoms with van der Waals surface area (Å²) in [4.78, 5) is 41.6. The lowest BCUT2D eigenvalue weighted by atomic mass is 9.71. The van der Waals surface area contributed by atoms with Crippen molar-refractivity contribution in [1.29, 1.82) is 0 Å². The molecule has 1 N–H and O–H groups in total. The Morgan fingerprint density at radius 2 is 1.65 bits per heavy atom. The molecule has 0 fully saturated rings. The smallest absolute Gasteiger partial charge is 0.262 e.